The smallest absolute Gasteiger partial charge is 0.291 e. The molecule has 2 aromatic rings. The lowest BCUT2D eigenvalue weighted by Crippen LogP contribution is -2.99. The summed E-state index contributed by atoms with van der Waals surface area (Å²) in [6.45, 7) is 1.88. The minimum Gasteiger partial charge on any atom is -0.550 e. The lowest BCUT2D eigenvalue weighted by molar-refractivity contribution is -0.734. The maximum absolute atomic E-state index is 13.7. The number of carboxylic acids is 1. The zero-order valence-corrected chi connectivity index (χ0v) is 18.6. The van der Waals surface area contributed by atoms with Gasteiger partial charge in [0.05, 0.1) is 12.2 Å². The maximum atomic E-state index is 13.7. The molecule has 0 saturated carbocycles. The molecular weight excluding hydrogens is 446 g/mol. The summed E-state index contributed by atoms with van der Waals surface area (Å²) < 4.78 is 0. The number of halogens is 1. The number of hydrogen-bond donors (Lipinski definition) is 2. The SMILES string of the molecule is Cc1c(Cl)ccc2c1NC(=O)[C@]21[NH2+][C@H](CCC(=O)[O-])[C@H]2C(=O)N(Cc3ccccc3)C(=O)[C@H]21. The lowest BCUT2D eigenvalue weighted by atomic mass is 9.76. The number of carboxylic acid groups (broad SMARTS) is 1. The van der Waals surface area contributed by atoms with Crippen molar-refractivity contribution < 1.29 is 29.6 Å². The molecule has 1 spiro atoms. The summed E-state index contributed by atoms with van der Waals surface area (Å²) in [6.07, 6.45) is -0.159. The molecule has 2 aromatic carbocycles. The molecule has 33 heavy (non-hydrogen) atoms. The molecular formula is C24H22ClN3O5. The molecule has 2 fully saturated rings. The molecule has 0 radical (unpaired) electrons. The Morgan fingerprint density at radius 2 is 1.88 bits per heavy atom. The van der Waals surface area contributed by atoms with E-state index in [0.717, 1.165) is 5.56 Å². The van der Waals surface area contributed by atoms with Gasteiger partial charge < -0.3 is 20.5 Å². The minimum absolute atomic E-state index is 0.100. The van der Waals surface area contributed by atoms with E-state index in [2.05, 4.69) is 5.32 Å². The number of nitrogens with two attached hydrogens (primary N) is 1. The van der Waals surface area contributed by atoms with Gasteiger partial charge in [0.1, 0.15) is 17.9 Å². The number of rotatable bonds is 5. The lowest BCUT2D eigenvalue weighted by Gasteiger charge is -2.26. The maximum Gasteiger partial charge on any atom is 0.291 e. The number of benzene rings is 2. The largest absolute Gasteiger partial charge is 0.550 e. The monoisotopic (exact) mass is 467 g/mol. The van der Waals surface area contributed by atoms with Gasteiger partial charge in [0, 0.05) is 23.0 Å². The number of aliphatic carboxylic acids is 1. The van der Waals surface area contributed by atoms with Gasteiger partial charge >= 0.3 is 0 Å². The van der Waals surface area contributed by atoms with E-state index in [1.165, 1.54) is 4.90 Å². The highest BCUT2D eigenvalue weighted by Crippen LogP contribution is 2.51. The molecule has 3 amide bonds. The predicted octanol–water partition coefficient (Wildman–Crippen LogP) is 0.0729. The normalized spacial score (nSPS) is 27.8. The number of imide groups is 1. The highest BCUT2D eigenvalue weighted by atomic mass is 35.5. The van der Waals surface area contributed by atoms with Crippen LogP contribution < -0.4 is 15.7 Å². The van der Waals surface area contributed by atoms with Gasteiger partial charge in [0.2, 0.25) is 17.4 Å². The van der Waals surface area contributed by atoms with Gasteiger partial charge in [-0.2, -0.15) is 0 Å². The molecule has 0 aromatic heterocycles. The van der Waals surface area contributed by atoms with Crippen molar-refractivity contribution in [2.45, 2.75) is 37.9 Å². The van der Waals surface area contributed by atoms with Crippen LogP contribution >= 0.6 is 11.6 Å². The molecule has 2 saturated heterocycles. The molecule has 3 heterocycles. The van der Waals surface area contributed by atoms with Crippen molar-refractivity contribution in [2.75, 3.05) is 5.32 Å². The number of nitrogens with zero attached hydrogens (tertiary/aromatic N) is 1. The summed E-state index contributed by atoms with van der Waals surface area (Å²) in [7, 11) is 0. The third-order valence-electron chi connectivity index (χ3n) is 7.20. The fraction of sp³-hybridized carbons (Fsp3) is 0.333. The zero-order chi connectivity index (χ0) is 23.5. The van der Waals surface area contributed by atoms with Gasteiger partial charge in [0.15, 0.2) is 0 Å². The first-order chi connectivity index (χ1) is 15.8. The average Bonchev–Trinajstić information content (AvgIpc) is 3.37. The van der Waals surface area contributed by atoms with E-state index < -0.39 is 41.2 Å². The Labute approximate surface area is 194 Å². The van der Waals surface area contributed by atoms with Crippen LogP contribution in [0.3, 0.4) is 0 Å². The van der Waals surface area contributed by atoms with Crippen molar-refractivity contribution in [1.82, 2.24) is 4.90 Å². The molecule has 3 N–H and O–H groups in total. The van der Waals surface area contributed by atoms with Crippen molar-refractivity contribution in [3.8, 4) is 0 Å². The minimum atomic E-state index is -1.36. The Morgan fingerprint density at radius 3 is 2.58 bits per heavy atom. The Bertz CT molecular complexity index is 1200. The average molecular weight is 468 g/mol. The highest BCUT2D eigenvalue weighted by Gasteiger charge is 2.74. The van der Waals surface area contributed by atoms with Crippen LogP contribution in [-0.2, 0) is 31.3 Å². The second-order valence-electron chi connectivity index (χ2n) is 8.91. The molecule has 0 aliphatic carbocycles. The molecule has 4 atom stereocenters. The summed E-state index contributed by atoms with van der Waals surface area (Å²) in [5, 5.41) is 16.2. The molecule has 5 rings (SSSR count). The second-order valence-corrected chi connectivity index (χ2v) is 9.32. The molecule has 9 heteroatoms. The second kappa shape index (κ2) is 7.67. The van der Waals surface area contributed by atoms with Crippen molar-refractivity contribution >= 4 is 41.0 Å². The summed E-state index contributed by atoms with van der Waals surface area (Å²) >= 11 is 6.26. The van der Waals surface area contributed by atoms with E-state index in [0.29, 0.717) is 21.8 Å². The zero-order valence-electron chi connectivity index (χ0n) is 17.8. The van der Waals surface area contributed by atoms with Gasteiger partial charge in [-0.25, -0.2) is 0 Å². The number of amides is 3. The van der Waals surface area contributed by atoms with Crippen LogP contribution in [0.5, 0.6) is 0 Å². The Morgan fingerprint density at radius 1 is 1.15 bits per heavy atom. The number of fused-ring (bicyclic) bond motifs is 4. The topological polar surface area (TPSA) is 123 Å². The first kappa shape index (κ1) is 21.6. The van der Waals surface area contributed by atoms with E-state index in [-0.39, 0.29) is 25.3 Å². The standard InChI is InChI=1S/C24H22ClN3O5/c1-12-15(25)8-7-14-20(12)26-23(33)24(14)19-18(16(27-24)9-10-17(29)30)21(31)28(22(19)32)11-13-5-3-2-4-6-13/h2-8,16,18-19,27H,9-11H2,1H3,(H,26,33)(H,29,30)/t16-,18-,19+,24+/m1/s1. The molecule has 3 aliphatic heterocycles. The third kappa shape index (κ3) is 3.08. The van der Waals surface area contributed by atoms with Crippen LogP contribution in [0.1, 0.15) is 29.5 Å². The third-order valence-corrected chi connectivity index (χ3v) is 7.60. The Balaban J connectivity index is 1.61. The van der Waals surface area contributed by atoms with Gasteiger partial charge in [0.25, 0.3) is 5.91 Å². The van der Waals surface area contributed by atoms with Crippen LogP contribution in [0.25, 0.3) is 0 Å². The Hall–Kier alpha value is -3.23. The molecule has 170 valence electrons. The number of carbonyl (C=O) groups excluding carboxylic acids is 4. The van der Waals surface area contributed by atoms with Gasteiger partial charge in [-0.1, -0.05) is 41.9 Å². The summed E-state index contributed by atoms with van der Waals surface area (Å²) in [4.78, 5) is 53.1. The van der Waals surface area contributed by atoms with Gasteiger partial charge in [-0.15, -0.1) is 0 Å². The quantitative estimate of drug-likeness (QED) is 0.602. The fourth-order valence-corrected chi connectivity index (χ4v) is 5.84. The molecule has 3 aliphatic rings. The van der Waals surface area contributed by atoms with E-state index >= 15 is 0 Å². The van der Waals surface area contributed by atoms with Crippen LogP contribution in [0.15, 0.2) is 42.5 Å². The predicted molar refractivity (Wildman–Crippen MR) is 115 cm³/mol. The Kier molecular flexibility index (Phi) is 5.02. The summed E-state index contributed by atoms with van der Waals surface area (Å²) in [5.41, 5.74) is 1.26. The van der Waals surface area contributed by atoms with E-state index in [1.807, 2.05) is 30.3 Å². The first-order valence-electron chi connectivity index (χ1n) is 10.8. The number of carbonyl (C=O) groups is 4. The van der Waals surface area contributed by atoms with Crippen LogP contribution in [-0.4, -0.2) is 34.6 Å². The summed E-state index contributed by atoms with van der Waals surface area (Å²) in [5.74, 6) is -4.18. The van der Waals surface area contributed by atoms with Crippen molar-refractivity contribution in [1.29, 1.82) is 0 Å². The number of anilines is 1. The van der Waals surface area contributed by atoms with Crippen molar-refractivity contribution in [3.05, 3.63) is 64.2 Å². The number of hydrogen-bond acceptors (Lipinski definition) is 5. The highest BCUT2D eigenvalue weighted by molar-refractivity contribution is 6.32. The van der Waals surface area contributed by atoms with E-state index in [1.54, 1.807) is 24.4 Å². The number of likely N-dealkylation sites (tertiary alicyclic amines) is 1. The van der Waals surface area contributed by atoms with E-state index in [9.17, 15) is 24.3 Å². The van der Waals surface area contributed by atoms with Gasteiger partial charge in [-0.3, -0.25) is 19.3 Å². The fourth-order valence-electron chi connectivity index (χ4n) is 5.68. The number of quaternary nitrogens is 1. The van der Waals surface area contributed by atoms with E-state index in [4.69, 9.17) is 11.6 Å². The van der Waals surface area contributed by atoms with Crippen LogP contribution in [0.2, 0.25) is 5.02 Å². The van der Waals surface area contributed by atoms with Crippen LogP contribution in [0.4, 0.5) is 5.69 Å². The molecule has 8 nitrogen and oxygen atoms in total. The van der Waals surface area contributed by atoms with Crippen molar-refractivity contribution in [3.63, 3.8) is 0 Å². The summed E-state index contributed by atoms with van der Waals surface area (Å²) in [6, 6.07) is 12.0. The molecule has 0 unspecified atom stereocenters. The molecule has 0 bridgehead atoms. The van der Waals surface area contributed by atoms with Crippen molar-refractivity contribution in [2.24, 2.45) is 11.8 Å². The van der Waals surface area contributed by atoms with Gasteiger partial charge in [-0.05, 0) is 36.6 Å². The first-order valence-corrected chi connectivity index (χ1v) is 11.2. The number of nitrogens with one attached hydrogen (secondary N) is 1. The van der Waals surface area contributed by atoms with Crippen LogP contribution in [0, 0.1) is 18.8 Å².